The van der Waals surface area contributed by atoms with Crippen LogP contribution < -0.4 is 0 Å². The van der Waals surface area contributed by atoms with Crippen molar-refractivity contribution in [2.45, 2.75) is 45.6 Å². The molecule has 1 heterocycles. The number of carbonyl (C=O) groups excluding carboxylic acids is 1. The van der Waals surface area contributed by atoms with E-state index in [4.69, 9.17) is 0 Å². The van der Waals surface area contributed by atoms with Crippen LogP contribution in [0.5, 0.6) is 0 Å². The lowest BCUT2D eigenvalue weighted by molar-refractivity contribution is -0.131. The average Bonchev–Trinajstić information content (AvgIpc) is 2.63. The predicted molar refractivity (Wildman–Crippen MR) is 76.9 cm³/mol. The van der Waals surface area contributed by atoms with Crippen LogP contribution in [-0.2, 0) is 14.9 Å². The van der Waals surface area contributed by atoms with Crippen molar-refractivity contribution in [1.29, 1.82) is 0 Å². The van der Waals surface area contributed by atoms with Gasteiger partial charge >= 0.3 is 0 Å². The molecule has 120 valence electrons. The molecule has 2 aliphatic carbocycles. The van der Waals surface area contributed by atoms with Gasteiger partial charge in [0.15, 0.2) is 0 Å². The van der Waals surface area contributed by atoms with E-state index in [1.165, 1.54) is 0 Å². The Morgan fingerprint density at radius 2 is 2.10 bits per heavy atom. The number of Topliss-reactive ketones (excluding diaryl/α,β-unsaturated/α-hetero) is 1. The van der Waals surface area contributed by atoms with Crippen molar-refractivity contribution in [3.63, 3.8) is 0 Å². The first-order valence-electron chi connectivity index (χ1n) is 7.50. The summed E-state index contributed by atoms with van der Waals surface area (Å²) in [6, 6.07) is -0.101. The highest BCUT2D eigenvalue weighted by molar-refractivity contribution is 7.85. The summed E-state index contributed by atoms with van der Waals surface area (Å²) in [5.74, 6) is -0.527. The zero-order valence-corrected chi connectivity index (χ0v) is 13.2. The zero-order chi connectivity index (χ0) is 15.6. The Kier molecular flexibility index (Phi) is 3.30. The maximum Gasteiger partial charge on any atom is 0.265 e. The minimum absolute atomic E-state index is 0.0526. The summed E-state index contributed by atoms with van der Waals surface area (Å²) in [7, 11) is -4.24. The Labute approximate surface area is 125 Å². The monoisotopic (exact) mass is 316 g/mol. The molecule has 2 saturated carbocycles. The highest BCUT2D eigenvalue weighted by Crippen LogP contribution is 2.68. The molecule has 6 nitrogen and oxygen atoms in total. The standard InChI is InChI=1S/C14H22NO5S/c1-13(2)9-5-10(6-11-3-4-15(11)17)14(13,12(16)7-9)8-21(18,19)20/h9-11H,3-8H2,1-2H3,(H,18,19,20)/q-1/t9?,10?,11-,14?/m1/s1. The number of hydrogen-bond donors (Lipinski definition) is 1. The second kappa shape index (κ2) is 4.50. The highest BCUT2D eigenvalue weighted by atomic mass is 32.2. The third kappa shape index (κ3) is 2.09. The molecule has 4 atom stereocenters. The minimum Gasteiger partial charge on any atom is -0.785 e. The molecule has 0 aromatic carbocycles. The molecule has 0 aromatic rings. The van der Waals surface area contributed by atoms with Gasteiger partial charge in [-0.3, -0.25) is 9.35 Å². The van der Waals surface area contributed by atoms with Gasteiger partial charge < -0.3 is 10.3 Å². The summed E-state index contributed by atoms with van der Waals surface area (Å²) in [4.78, 5) is 12.6. The Morgan fingerprint density at radius 1 is 1.43 bits per heavy atom. The molecule has 0 aromatic heterocycles. The van der Waals surface area contributed by atoms with Gasteiger partial charge in [-0.1, -0.05) is 13.8 Å². The van der Waals surface area contributed by atoms with Gasteiger partial charge in [-0.15, -0.1) is 0 Å². The summed E-state index contributed by atoms with van der Waals surface area (Å²) >= 11 is 0. The lowest BCUT2D eigenvalue weighted by Gasteiger charge is -2.50. The second-order valence-corrected chi connectivity index (χ2v) is 8.95. The maximum atomic E-state index is 12.6. The second-order valence-electron chi connectivity index (χ2n) is 7.50. The van der Waals surface area contributed by atoms with Crippen LogP contribution in [0.25, 0.3) is 0 Å². The van der Waals surface area contributed by atoms with Crippen LogP contribution in [0.1, 0.15) is 39.5 Å². The zero-order valence-electron chi connectivity index (χ0n) is 12.4. The lowest BCUT2D eigenvalue weighted by Crippen LogP contribution is -2.51. The van der Waals surface area contributed by atoms with Crippen LogP contribution in [0.2, 0.25) is 0 Å². The number of hydrogen-bond acceptors (Lipinski definition) is 5. The van der Waals surface area contributed by atoms with Crippen LogP contribution in [0, 0.1) is 27.9 Å². The van der Waals surface area contributed by atoms with Crippen LogP contribution in [0.15, 0.2) is 0 Å². The van der Waals surface area contributed by atoms with E-state index in [2.05, 4.69) is 0 Å². The van der Waals surface area contributed by atoms with Crippen molar-refractivity contribution in [2.75, 3.05) is 12.3 Å². The predicted octanol–water partition coefficient (Wildman–Crippen LogP) is 1.46. The van der Waals surface area contributed by atoms with Crippen molar-refractivity contribution in [2.24, 2.45) is 22.7 Å². The summed E-state index contributed by atoms with van der Waals surface area (Å²) in [5, 5.41) is 12.5. The summed E-state index contributed by atoms with van der Waals surface area (Å²) in [5.41, 5.74) is -1.47. The fraction of sp³-hybridized carbons (Fsp3) is 0.929. The highest BCUT2D eigenvalue weighted by Gasteiger charge is 2.69. The molecular weight excluding hydrogens is 294 g/mol. The van der Waals surface area contributed by atoms with Crippen molar-refractivity contribution in [1.82, 2.24) is 5.06 Å². The van der Waals surface area contributed by atoms with Gasteiger partial charge in [0.05, 0.1) is 11.2 Å². The average molecular weight is 316 g/mol. The molecule has 21 heavy (non-hydrogen) atoms. The van der Waals surface area contributed by atoms with Gasteiger partial charge in [0, 0.05) is 6.42 Å². The van der Waals surface area contributed by atoms with Gasteiger partial charge in [-0.2, -0.15) is 8.42 Å². The molecule has 2 bridgehead atoms. The van der Waals surface area contributed by atoms with Crippen molar-refractivity contribution < 1.29 is 17.8 Å². The fourth-order valence-electron chi connectivity index (χ4n) is 5.01. The van der Waals surface area contributed by atoms with Crippen LogP contribution in [0.4, 0.5) is 0 Å². The molecular formula is C14H22NO5S-. The van der Waals surface area contributed by atoms with Gasteiger partial charge in [0.25, 0.3) is 10.1 Å². The van der Waals surface area contributed by atoms with Crippen molar-refractivity contribution >= 4 is 15.9 Å². The van der Waals surface area contributed by atoms with E-state index < -0.39 is 26.7 Å². The Hall–Kier alpha value is -0.500. The van der Waals surface area contributed by atoms with E-state index in [1.54, 1.807) is 0 Å². The Bertz CT molecular complexity index is 572. The first-order valence-corrected chi connectivity index (χ1v) is 9.11. The molecule has 0 radical (unpaired) electrons. The molecule has 3 fully saturated rings. The lowest BCUT2D eigenvalue weighted by atomic mass is 9.64. The van der Waals surface area contributed by atoms with Crippen LogP contribution in [0.3, 0.4) is 0 Å². The number of hydroxylamine groups is 2. The van der Waals surface area contributed by atoms with Crippen LogP contribution >= 0.6 is 0 Å². The molecule has 1 N–H and O–H groups in total. The molecule has 1 aliphatic heterocycles. The molecule has 1 saturated heterocycles. The van der Waals surface area contributed by atoms with Gasteiger partial charge in [0.2, 0.25) is 0 Å². The van der Waals surface area contributed by atoms with E-state index in [9.17, 15) is 23.0 Å². The normalized spacial score (nSPS) is 42.3. The maximum absolute atomic E-state index is 12.6. The minimum atomic E-state index is -4.24. The number of rotatable bonds is 4. The molecule has 0 amide bonds. The number of nitrogens with zero attached hydrogens (tertiary/aromatic N) is 1. The number of fused-ring (bicyclic) bond motifs is 2. The Morgan fingerprint density at radius 3 is 2.52 bits per heavy atom. The summed E-state index contributed by atoms with van der Waals surface area (Å²) in [6.07, 6.45) is 2.54. The third-order valence-corrected chi connectivity index (χ3v) is 7.24. The topological polar surface area (TPSA) is 97.7 Å². The van der Waals surface area contributed by atoms with Crippen molar-refractivity contribution in [3.8, 4) is 0 Å². The van der Waals surface area contributed by atoms with E-state index in [0.717, 1.165) is 17.9 Å². The fourth-order valence-corrected chi connectivity index (χ4v) is 6.36. The van der Waals surface area contributed by atoms with Crippen molar-refractivity contribution in [3.05, 3.63) is 5.21 Å². The summed E-state index contributed by atoms with van der Waals surface area (Å²) < 4.78 is 32.4. The smallest absolute Gasteiger partial charge is 0.265 e. The van der Waals surface area contributed by atoms with Crippen LogP contribution in [-0.4, -0.2) is 42.2 Å². The molecule has 3 unspecified atom stereocenters. The van der Waals surface area contributed by atoms with E-state index in [-0.39, 0.29) is 23.7 Å². The first kappa shape index (κ1) is 15.4. The SMILES string of the molecule is CC1(C)C2CC(=O)C1(CS(=O)(=O)O)C(C[C@H]1CCN1[O-])C2. The first-order chi connectivity index (χ1) is 9.58. The summed E-state index contributed by atoms with van der Waals surface area (Å²) in [6.45, 7) is 4.39. The van der Waals surface area contributed by atoms with Gasteiger partial charge in [-0.05, 0) is 49.1 Å². The molecule has 0 spiro atoms. The number of ketones is 1. The Balaban J connectivity index is 1.95. The van der Waals surface area contributed by atoms with Gasteiger partial charge in [-0.25, -0.2) is 0 Å². The van der Waals surface area contributed by atoms with E-state index >= 15 is 0 Å². The largest absolute Gasteiger partial charge is 0.785 e. The third-order valence-electron chi connectivity index (χ3n) is 6.42. The molecule has 3 aliphatic rings. The molecule has 3 rings (SSSR count). The van der Waals surface area contributed by atoms with Gasteiger partial charge in [0.1, 0.15) is 5.78 Å². The van der Waals surface area contributed by atoms with E-state index in [0.29, 0.717) is 19.4 Å². The van der Waals surface area contributed by atoms with E-state index in [1.807, 2.05) is 13.8 Å². The molecule has 7 heteroatoms. The number of carbonyl (C=O) groups is 1. The quantitative estimate of drug-likeness (QED) is 0.788.